The zero-order valence-electron chi connectivity index (χ0n) is 12.6. The molecular weight excluding hydrogens is 268 g/mol. The fraction of sp³-hybridized carbons (Fsp3) is 0.353. The molecule has 1 aromatic rings. The molecule has 0 saturated heterocycles. The molecule has 1 rings (SSSR count). The van der Waals surface area contributed by atoms with Crippen molar-refractivity contribution in [1.82, 2.24) is 0 Å². The summed E-state index contributed by atoms with van der Waals surface area (Å²) in [5.74, 6) is -1.06. The van der Waals surface area contributed by atoms with Crippen molar-refractivity contribution in [1.29, 1.82) is 0 Å². The maximum Gasteiger partial charge on any atom is 0.202 e. The van der Waals surface area contributed by atoms with Gasteiger partial charge >= 0.3 is 0 Å². The van der Waals surface area contributed by atoms with Crippen LogP contribution in [0.4, 0.5) is 0 Å². The lowest BCUT2D eigenvalue weighted by molar-refractivity contribution is -0.132. The van der Waals surface area contributed by atoms with Crippen molar-refractivity contribution in [3.05, 3.63) is 42.0 Å². The van der Waals surface area contributed by atoms with Crippen molar-refractivity contribution >= 4 is 23.9 Å². The SMILES string of the molecule is CCCCOC.O=CC(=O)CC(=O)/C=C/c1ccccc1. The van der Waals surface area contributed by atoms with Gasteiger partial charge in [0.15, 0.2) is 12.1 Å². The smallest absolute Gasteiger partial charge is 0.202 e. The van der Waals surface area contributed by atoms with Gasteiger partial charge in [0.05, 0.1) is 6.42 Å². The second-order valence-electron chi connectivity index (χ2n) is 4.32. The van der Waals surface area contributed by atoms with Gasteiger partial charge in [-0.25, -0.2) is 0 Å². The number of hydrogen-bond donors (Lipinski definition) is 0. The third kappa shape index (κ3) is 11.5. The monoisotopic (exact) mass is 290 g/mol. The molecule has 0 unspecified atom stereocenters. The Bertz CT molecular complexity index is 445. The van der Waals surface area contributed by atoms with Crippen LogP contribution in [0.5, 0.6) is 0 Å². The minimum Gasteiger partial charge on any atom is -0.385 e. The molecule has 1 aromatic carbocycles. The second-order valence-corrected chi connectivity index (χ2v) is 4.32. The van der Waals surface area contributed by atoms with Gasteiger partial charge in [0.1, 0.15) is 0 Å². The third-order valence-electron chi connectivity index (χ3n) is 2.44. The normalized spacial score (nSPS) is 9.81. The number of allylic oxidation sites excluding steroid dienone is 1. The maximum absolute atomic E-state index is 11.1. The Hall–Kier alpha value is -2.07. The van der Waals surface area contributed by atoms with Crippen LogP contribution >= 0.6 is 0 Å². The largest absolute Gasteiger partial charge is 0.385 e. The van der Waals surface area contributed by atoms with Crippen LogP contribution in [-0.4, -0.2) is 31.6 Å². The van der Waals surface area contributed by atoms with Gasteiger partial charge in [0.2, 0.25) is 5.78 Å². The number of Topliss-reactive ketones (excluding diaryl/α,β-unsaturated/α-hetero) is 1. The molecule has 4 nitrogen and oxygen atoms in total. The number of ketones is 2. The molecule has 0 saturated carbocycles. The van der Waals surface area contributed by atoms with Gasteiger partial charge in [-0.05, 0) is 18.1 Å². The van der Waals surface area contributed by atoms with E-state index in [0.29, 0.717) is 0 Å². The molecule has 0 N–H and O–H groups in total. The number of ether oxygens (including phenoxy) is 1. The average molecular weight is 290 g/mol. The first-order valence-corrected chi connectivity index (χ1v) is 6.87. The lowest BCUT2D eigenvalue weighted by atomic mass is 10.1. The first kappa shape index (κ1) is 18.9. The van der Waals surface area contributed by atoms with Gasteiger partial charge in [-0.2, -0.15) is 0 Å². The van der Waals surface area contributed by atoms with E-state index >= 15 is 0 Å². The van der Waals surface area contributed by atoms with Crippen LogP contribution in [0.25, 0.3) is 6.08 Å². The van der Waals surface area contributed by atoms with Crippen LogP contribution in [0.15, 0.2) is 36.4 Å². The molecule has 0 spiro atoms. The van der Waals surface area contributed by atoms with E-state index in [2.05, 4.69) is 6.92 Å². The van der Waals surface area contributed by atoms with Gasteiger partial charge in [-0.3, -0.25) is 14.4 Å². The molecule has 0 aromatic heterocycles. The number of carbonyl (C=O) groups is 3. The standard InChI is InChI=1S/C12H10O3.C5H12O/c13-9-12(15)8-11(14)7-6-10-4-2-1-3-5-10;1-3-4-5-6-2/h1-7,9H,8H2;3-5H2,1-2H3/b7-6+;. The van der Waals surface area contributed by atoms with Crippen LogP contribution in [-0.2, 0) is 19.1 Å². The molecule has 21 heavy (non-hydrogen) atoms. The molecule has 0 amide bonds. The van der Waals surface area contributed by atoms with E-state index < -0.39 is 5.78 Å². The summed E-state index contributed by atoms with van der Waals surface area (Å²) in [5.41, 5.74) is 0.879. The summed E-state index contributed by atoms with van der Waals surface area (Å²) < 4.78 is 4.78. The average Bonchev–Trinajstić information content (AvgIpc) is 2.52. The predicted molar refractivity (Wildman–Crippen MR) is 83.0 cm³/mol. The number of hydrogen-bond acceptors (Lipinski definition) is 4. The van der Waals surface area contributed by atoms with E-state index in [1.54, 1.807) is 13.2 Å². The fourth-order valence-electron chi connectivity index (χ4n) is 1.31. The molecule has 0 aliphatic rings. The Morgan fingerprint density at radius 3 is 2.29 bits per heavy atom. The zero-order chi connectivity index (χ0) is 15.9. The van der Waals surface area contributed by atoms with Gasteiger partial charge in [-0.1, -0.05) is 49.8 Å². The van der Waals surface area contributed by atoms with Crippen molar-refractivity contribution in [2.24, 2.45) is 0 Å². The molecule has 0 bridgehead atoms. The van der Waals surface area contributed by atoms with Crippen molar-refractivity contribution in [3.8, 4) is 0 Å². The van der Waals surface area contributed by atoms with Gasteiger partial charge < -0.3 is 4.74 Å². The highest BCUT2D eigenvalue weighted by molar-refractivity contribution is 6.30. The summed E-state index contributed by atoms with van der Waals surface area (Å²) in [5, 5.41) is 0. The van der Waals surface area contributed by atoms with Crippen molar-refractivity contribution in [2.45, 2.75) is 26.2 Å². The topological polar surface area (TPSA) is 60.4 Å². The minimum atomic E-state index is -0.697. The summed E-state index contributed by atoms with van der Waals surface area (Å²) in [7, 11) is 1.73. The Morgan fingerprint density at radius 1 is 1.14 bits per heavy atom. The van der Waals surface area contributed by atoms with E-state index in [0.717, 1.165) is 12.2 Å². The maximum atomic E-state index is 11.1. The molecule has 0 radical (unpaired) electrons. The van der Waals surface area contributed by atoms with Crippen molar-refractivity contribution in [2.75, 3.05) is 13.7 Å². The fourth-order valence-corrected chi connectivity index (χ4v) is 1.31. The van der Waals surface area contributed by atoms with E-state index in [-0.39, 0.29) is 18.5 Å². The highest BCUT2D eigenvalue weighted by Gasteiger charge is 2.04. The second kappa shape index (κ2) is 12.9. The van der Waals surface area contributed by atoms with E-state index in [1.807, 2.05) is 30.3 Å². The number of methoxy groups -OCH3 is 1. The number of carbonyl (C=O) groups excluding carboxylic acids is 3. The van der Waals surface area contributed by atoms with E-state index in [4.69, 9.17) is 4.74 Å². The molecule has 0 aliphatic heterocycles. The summed E-state index contributed by atoms with van der Waals surface area (Å²) in [6, 6.07) is 9.24. The molecule has 0 atom stereocenters. The van der Waals surface area contributed by atoms with Crippen molar-refractivity contribution < 1.29 is 19.1 Å². The highest BCUT2D eigenvalue weighted by atomic mass is 16.5. The summed E-state index contributed by atoms with van der Waals surface area (Å²) >= 11 is 0. The molecule has 4 heteroatoms. The Morgan fingerprint density at radius 2 is 1.81 bits per heavy atom. The van der Waals surface area contributed by atoms with Crippen LogP contribution in [0, 0.1) is 0 Å². The lowest BCUT2D eigenvalue weighted by Gasteiger charge is -1.91. The zero-order valence-corrected chi connectivity index (χ0v) is 12.6. The van der Waals surface area contributed by atoms with Crippen LogP contribution in [0.3, 0.4) is 0 Å². The van der Waals surface area contributed by atoms with Gasteiger partial charge in [0.25, 0.3) is 0 Å². The summed E-state index contributed by atoms with van der Waals surface area (Å²) in [6.07, 6.45) is 5.14. The molecule has 0 aliphatic carbocycles. The number of aldehydes is 1. The van der Waals surface area contributed by atoms with Gasteiger partial charge in [-0.15, -0.1) is 0 Å². The lowest BCUT2D eigenvalue weighted by Crippen LogP contribution is -2.05. The molecule has 0 fully saturated rings. The molecular formula is C17H22O4. The van der Waals surface area contributed by atoms with Crippen LogP contribution in [0.2, 0.25) is 0 Å². The quantitative estimate of drug-likeness (QED) is 0.243. The Kier molecular flexibility index (Phi) is 11.7. The Balaban J connectivity index is 0.000000567. The molecule has 0 heterocycles. The van der Waals surface area contributed by atoms with E-state index in [9.17, 15) is 14.4 Å². The molecule has 114 valence electrons. The van der Waals surface area contributed by atoms with Crippen LogP contribution < -0.4 is 0 Å². The number of rotatable bonds is 8. The third-order valence-corrected chi connectivity index (χ3v) is 2.44. The van der Waals surface area contributed by atoms with Gasteiger partial charge in [0, 0.05) is 13.7 Å². The first-order chi connectivity index (χ1) is 10.1. The highest BCUT2D eigenvalue weighted by Crippen LogP contribution is 2.01. The first-order valence-electron chi connectivity index (χ1n) is 6.87. The Labute approximate surface area is 125 Å². The van der Waals surface area contributed by atoms with Crippen molar-refractivity contribution in [3.63, 3.8) is 0 Å². The number of benzene rings is 1. The van der Waals surface area contributed by atoms with E-state index in [1.165, 1.54) is 18.9 Å². The predicted octanol–water partition coefficient (Wildman–Crippen LogP) is 2.86. The summed E-state index contributed by atoms with van der Waals surface area (Å²) in [4.78, 5) is 31.7. The minimum absolute atomic E-state index is 0.161. The number of unbranched alkanes of at least 4 members (excludes halogenated alkanes) is 1. The summed E-state index contributed by atoms with van der Waals surface area (Å²) in [6.45, 7) is 3.07. The van der Waals surface area contributed by atoms with Crippen LogP contribution in [0.1, 0.15) is 31.7 Å².